The monoisotopic (exact) mass is 229 g/mol. The van der Waals surface area contributed by atoms with E-state index in [1.807, 2.05) is 6.92 Å². The predicted octanol–water partition coefficient (Wildman–Crippen LogP) is 0.877. The summed E-state index contributed by atoms with van der Waals surface area (Å²) in [4.78, 5) is 24.2. The van der Waals surface area contributed by atoms with Crippen molar-refractivity contribution in [3.05, 3.63) is 0 Å². The summed E-state index contributed by atoms with van der Waals surface area (Å²) in [6, 6.07) is -0.609. The van der Waals surface area contributed by atoms with Gasteiger partial charge in [-0.3, -0.25) is 4.79 Å². The molecule has 0 heterocycles. The summed E-state index contributed by atoms with van der Waals surface area (Å²) in [5, 5.41) is 8.92. The Labute approximate surface area is 95.4 Å². The minimum atomic E-state index is -0.948. The number of aliphatic carboxylic acids is 1. The van der Waals surface area contributed by atoms with Gasteiger partial charge < -0.3 is 14.7 Å². The van der Waals surface area contributed by atoms with Gasteiger partial charge in [-0.15, -0.1) is 0 Å². The third kappa shape index (κ3) is 3.48. The fourth-order valence-electron chi connectivity index (χ4n) is 1.64. The molecule has 5 nitrogen and oxygen atoms in total. The first kappa shape index (κ1) is 13.0. The van der Waals surface area contributed by atoms with Gasteiger partial charge in [-0.2, -0.15) is 0 Å². The van der Waals surface area contributed by atoms with Gasteiger partial charge in [0, 0.05) is 12.6 Å². The summed E-state index contributed by atoms with van der Waals surface area (Å²) < 4.78 is 5.10. The van der Waals surface area contributed by atoms with Crippen LogP contribution < -0.4 is 0 Å². The van der Waals surface area contributed by atoms with Crippen molar-refractivity contribution in [3.8, 4) is 0 Å². The van der Waals surface area contributed by atoms with Crippen LogP contribution in [0.2, 0.25) is 0 Å². The maximum Gasteiger partial charge on any atom is 0.326 e. The fourth-order valence-corrected chi connectivity index (χ4v) is 1.64. The molecule has 0 radical (unpaired) electrons. The maximum absolute atomic E-state index is 11.8. The molecule has 92 valence electrons. The lowest BCUT2D eigenvalue weighted by Crippen LogP contribution is -2.45. The summed E-state index contributed by atoms with van der Waals surface area (Å²) in [6.45, 7) is 4.36. The van der Waals surface area contributed by atoms with E-state index >= 15 is 0 Å². The van der Waals surface area contributed by atoms with E-state index in [9.17, 15) is 9.59 Å². The smallest absolute Gasteiger partial charge is 0.326 e. The Hall–Kier alpha value is -1.10. The zero-order chi connectivity index (χ0) is 12.1. The van der Waals surface area contributed by atoms with Crippen molar-refractivity contribution in [2.24, 2.45) is 0 Å². The highest BCUT2D eigenvalue weighted by Gasteiger charge is 2.37. The number of carbonyl (C=O) groups excluding carboxylic acids is 1. The Morgan fingerprint density at radius 1 is 1.50 bits per heavy atom. The fraction of sp³-hybridized carbons (Fsp3) is 0.818. The zero-order valence-corrected chi connectivity index (χ0v) is 9.81. The van der Waals surface area contributed by atoms with Crippen LogP contribution in [0.5, 0.6) is 0 Å². The number of rotatable bonds is 7. The van der Waals surface area contributed by atoms with Crippen LogP contribution >= 0.6 is 0 Å². The molecule has 1 atom stereocenters. The molecule has 1 unspecified atom stereocenters. The standard InChI is InChI=1S/C11H19NO4/c1-3-16-7-6-10(13)12(9-4-5-9)8(2)11(14)15/h8-9H,3-7H2,1-2H3,(H,14,15). The molecule has 0 bridgehead atoms. The summed E-state index contributed by atoms with van der Waals surface area (Å²) in [5.41, 5.74) is 0. The highest BCUT2D eigenvalue weighted by molar-refractivity contribution is 5.84. The van der Waals surface area contributed by atoms with Crippen molar-refractivity contribution in [2.75, 3.05) is 13.2 Å². The number of hydrogen-bond donors (Lipinski definition) is 1. The maximum atomic E-state index is 11.8. The normalized spacial score (nSPS) is 16.9. The highest BCUT2D eigenvalue weighted by Crippen LogP contribution is 2.29. The lowest BCUT2D eigenvalue weighted by Gasteiger charge is -2.26. The number of hydrogen-bond acceptors (Lipinski definition) is 3. The number of amides is 1. The molecule has 0 spiro atoms. The largest absolute Gasteiger partial charge is 0.480 e. The molecule has 5 heteroatoms. The lowest BCUT2D eigenvalue weighted by atomic mass is 10.2. The summed E-state index contributed by atoms with van der Waals surface area (Å²) in [6.07, 6.45) is 2.10. The van der Waals surface area contributed by atoms with Gasteiger partial charge in [0.2, 0.25) is 5.91 Å². The van der Waals surface area contributed by atoms with Gasteiger partial charge in [-0.25, -0.2) is 4.79 Å². The average Bonchev–Trinajstić information content (AvgIpc) is 3.02. The Morgan fingerprint density at radius 2 is 2.12 bits per heavy atom. The van der Waals surface area contributed by atoms with Crippen LogP contribution in [-0.2, 0) is 14.3 Å². The number of nitrogens with zero attached hydrogens (tertiary/aromatic N) is 1. The molecule has 1 saturated carbocycles. The zero-order valence-electron chi connectivity index (χ0n) is 9.81. The number of carboxylic acids is 1. The molecule has 1 N–H and O–H groups in total. The van der Waals surface area contributed by atoms with Gasteiger partial charge in [0.15, 0.2) is 0 Å². The molecule has 0 aromatic rings. The van der Waals surface area contributed by atoms with E-state index in [1.54, 1.807) is 6.92 Å². The molecule has 1 aliphatic rings. The number of ether oxygens (including phenoxy) is 1. The SMILES string of the molecule is CCOCCC(=O)N(C1CC1)C(C)C(=O)O. The van der Waals surface area contributed by atoms with Crippen LogP contribution in [0.15, 0.2) is 0 Å². The molecule has 0 saturated heterocycles. The Kier molecular flexibility index (Phi) is 4.73. The van der Waals surface area contributed by atoms with Gasteiger partial charge in [-0.05, 0) is 26.7 Å². The van der Waals surface area contributed by atoms with Crippen molar-refractivity contribution in [1.29, 1.82) is 0 Å². The summed E-state index contributed by atoms with van der Waals surface area (Å²) in [5.74, 6) is -1.07. The van der Waals surface area contributed by atoms with E-state index in [1.165, 1.54) is 4.90 Å². The third-order valence-corrected chi connectivity index (χ3v) is 2.67. The summed E-state index contributed by atoms with van der Waals surface area (Å²) >= 11 is 0. The number of carboxylic acid groups (broad SMARTS) is 1. The van der Waals surface area contributed by atoms with Crippen molar-refractivity contribution in [3.63, 3.8) is 0 Å². The van der Waals surface area contributed by atoms with Crippen molar-refractivity contribution in [1.82, 2.24) is 4.90 Å². The molecule has 1 aliphatic carbocycles. The number of carbonyl (C=O) groups is 2. The van der Waals surface area contributed by atoms with Gasteiger partial charge in [0.05, 0.1) is 13.0 Å². The van der Waals surface area contributed by atoms with E-state index in [0.29, 0.717) is 13.2 Å². The average molecular weight is 229 g/mol. The lowest BCUT2D eigenvalue weighted by molar-refractivity contribution is -0.150. The third-order valence-electron chi connectivity index (χ3n) is 2.67. The molecular weight excluding hydrogens is 210 g/mol. The quantitative estimate of drug-likeness (QED) is 0.658. The van der Waals surface area contributed by atoms with Gasteiger partial charge in [0.25, 0.3) is 0 Å². The second-order valence-corrected chi connectivity index (χ2v) is 3.99. The minimum Gasteiger partial charge on any atom is -0.480 e. The topological polar surface area (TPSA) is 66.8 Å². The molecule has 0 aromatic heterocycles. The molecule has 16 heavy (non-hydrogen) atoms. The molecular formula is C11H19NO4. The molecule has 0 aromatic carbocycles. The van der Waals surface area contributed by atoms with E-state index in [4.69, 9.17) is 9.84 Å². The Morgan fingerprint density at radius 3 is 2.56 bits per heavy atom. The summed E-state index contributed by atoms with van der Waals surface area (Å²) in [7, 11) is 0. The Bertz CT molecular complexity index is 263. The van der Waals surface area contributed by atoms with Crippen LogP contribution in [0.1, 0.15) is 33.1 Å². The van der Waals surface area contributed by atoms with Gasteiger partial charge >= 0.3 is 5.97 Å². The van der Waals surface area contributed by atoms with Crippen molar-refractivity contribution < 1.29 is 19.4 Å². The Balaban J connectivity index is 2.49. The first-order valence-electron chi connectivity index (χ1n) is 5.69. The second kappa shape index (κ2) is 5.84. The molecule has 1 rings (SSSR count). The highest BCUT2D eigenvalue weighted by atomic mass is 16.5. The predicted molar refractivity (Wildman–Crippen MR) is 58.1 cm³/mol. The van der Waals surface area contributed by atoms with Crippen molar-refractivity contribution >= 4 is 11.9 Å². The van der Waals surface area contributed by atoms with E-state index < -0.39 is 12.0 Å². The van der Waals surface area contributed by atoms with Crippen LogP contribution in [0, 0.1) is 0 Å². The van der Waals surface area contributed by atoms with E-state index in [0.717, 1.165) is 12.8 Å². The second-order valence-electron chi connectivity index (χ2n) is 3.99. The first-order valence-corrected chi connectivity index (χ1v) is 5.69. The van der Waals surface area contributed by atoms with Crippen LogP contribution in [-0.4, -0.2) is 47.2 Å². The molecule has 1 amide bonds. The van der Waals surface area contributed by atoms with Crippen LogP contribution in [0.3, 0.4) is 0 Å². The molecule has 1 fully saturated rings. The van der Waals surface area contributed by atoms with Crippen LogP contribution in [0.4, 0.5) is 0 Å². The van der Waals surface area contributed by atoms with Crippen LogP contribution in [0.25, 0.3) is 0 Å². The molecule has 0 aliphatic heterocycles. The van der Waals surface area contributed by atoms with E-state index in [2.05, 4.69) is 0 Å². The first-order chi connectivity index (χ1) is 7.57. The van der Waals surface area contributed by atoms with Gasteiger partial charge in [0.1, 0.15) is 6.04 Å². The minimum absolute atomic E-state index is 0.120. The van der Waals surface area contributed by atoms with Gasteiger partial charge in [-0.1, -0.05) is 0 Å². The van der Waals surface area contributed by atoms with E-state index in [-0.39, 0.29) is 18.4 Å². The van der Waals surface area contributed by atoms with Crippen molar-refractivity contribution in [2.45, 2.75) is 45.2 Å².